The number of nitrogens with one attached hydrogen (secondary N) is 1. The van der Waals surface area contributed by atoms with E-state index in [1.54, 1.807) is 13.8 Å². The first-order valence-electron chi connectivity index (χ1n) is 7.59. The lowest BCUT2D eigenvalue weighted by Gasteiger charge is -2.28. The number of carbonyl (C=O) groups is 1. The summed E-state index contributed by atoms with van der Waals surface area (Å²) in [7, 11) is 0. The molecule has 0 unspecified atom stereocenters. The van der Waals surface area contributed by atoms with E-state index in [1.165, 1.54) is 22.9 Å². The molecule has 0 bridgehead atoms. The normalized spacial score (nSPS) is 16.3. The topological polar surface area (TPSA) is 91.2 Å². The van der Waals surface area contributed by atoms with Crippen LogP contribution in [0, 0.1) is 0 Å². The van der Waals surface area contributed by atoms with Crippen LogP contribution in [0.4, 0.5) is 14.7 Å². The van der Waals surface area contributed by atoms with Crippen molar-refractivity contribution < 1.29 is 23.0 Å². The van der Waals surface area contributed by atoms with Crippen LogP contribution in [0.25, 0.3) is 0 Å². The maximum Gasteiger partial charge on any atom is 0.387 e. The largest absolute Gasteiger partial charge is 0.463 e. The fraction of sp³-hybridized carbons (Fsp3) is 0.333. The number of benzene rings is 1. The van der Waals surface area contributed by atoms with Crippen LogP contribution >= 0.6 is 11.6 Å². The van der Waals surface area contributed by atoms with Gasteiger partial charge in [-0.1, -0.05) is 16.7 Å². The van der Waals surface area contributed by atoms with Gasteiger partial charge in [0.05, 0.1) is 12.2 Å². The van der Waals surface area contributed by atoms with Gasteiger partial charge in [-0.2, -0.15) is 13.5 Å². The fourth-order valence-corrected chi connectivity index (χ4v) is 2.89. The van der Waals surface area contributed by atoms with Gasteiger partial charge in [0.2, 0.25) is 5.95 Å². The highest BCUT2D eigenvalue weighted by molar-refractivity contribution is 6.30. The summed E-state index contributed by atoms with van der Waals surface area (Å²) in [4.78, 5) is 12.5. The standard InChI is InChI=1S/C15H14ClF2N5O3/c1-3-25-13(24)11-7(2)19-15-20-21-22-23(15)12(11)9-6-8(16)4-5-10(9)26-14(17)18/h4-6,12,14H,3H2,1-2H3,(H,19,20,22)/t12-/m0/s1. The summed E-state index contributed by atoms with van der Waals surface area (Å²) in [5, 5.41) is 14.4. The predicted molar refractivity (Wildman–Crippen MR) is 87.0 cm³/mol. The van der Waals surface area contributed by atoms with Gasteiger partial charge in [-0.15, -0.1) is 0 Å². The number of tetrazole rings is 1. The van der Waals surface area contributed by atoms with E-state index in [9.17, 15) is 13.6 Å². The van der Waals surface area contributed by atoms with Crippen molar-refractivity contribution in [2.45, 2.75) is 26.5 Å². The van der Waals surface area contributed by atoms with Crippen LogP contribution in [0.1, 0.15) is 25.5 Å². The number of fused-ring (bicyclic) bond motifs is 1. The highest BCUT2D eigenvalue weighted by Crippen LogP contribution is 2.40. The number of alkyl halides is 2. The summed E-state index contributed by atoms with van der Waals surface area (Å²) in [6, 6.07) is 3.18. The van der Waals surface area contributed by atoms with Crippen molar-refractivity contribution in [3.05, 3.63) is 40.1 Å². The van der Waals surface area contributed by atoms with Crippen LogP contribution in [0.15, 0.2) is 29.5 Å². The summed E-state index contributed by atoms with van der Waals surface area (Å²) in [6.45, 7) is 0.379. The van der Waals surface area contributed by atoms with E-state index in [4.69, 9.17) is 16.3 Å². The smallest absolute Gasteiger partial charge is 0.387 e. The molecule has 3 rings (SSSR count). The molecule has 1 N–H and O–H groups in total. The minimum absolute atomic E-state index is 0.140. The minimum atomic E-state index is -3.05. The van der Waals surface area contributed by atoms with E-state index in [0.717, 1.165) is 0 Å². The highest BCUT2D eigenvalue weighted by Gasteiger charge is 2.37. The van der Waals surface area contributed by atoms with Crippen LogP contribution in [-0.4, -0.2) is 39.4 Å². The lowest BCUT2D eigenvalue weighted by Crippen LogP contribution is -2.30. The van der Waals surface area contributed by atoms with E-state index in [-0.39, 0.29) is 34.5 Å². The molecule has 1 aromatic carbocycles. The Kier molecular flexibility index (Phi) is 5.03. The first-order chi connectivity index (χ1) is 12.4. The van der Waals surface area contributed by atoms with Crippen molar-refractivity contribution in [1.29, 1.82) is 0 Å². The van der Waals surface area contributed by atoms with Crippen molar-refractivity contribution in [3.8, 4) is 5.75 Å². The zero-order valence-corrected chi connectivity index (χ0v) is 14.5. The molecule has 1 aromatic heterocycles. The summed E-state index contributed by atoms with van der Waals surface area (Å²) in [5.74, 6) is -0.539. The molecule has 2 heterocycles. The van der Waals surface area contributed by atoms with Gasteiger partial charge in [0.15, 0.2) is 0 Å². The van der Waals surface area contributed by atoms with Crippen molar-refractivity contribution in [3.63, 3.8) is 0 Å². The maximum absolute atomic E-state index is 12.8. The average molecular weight is 386 g/mol. The molecule has 11 heteroatoms. The van der Waals surface area contributed by atoms with Crippen molar-refractivity contribution >= 4 is 23.5 Å². The number of allylic oxidation sites excluding steroid dienone is 1. The zero-order valence-electron chi connectivity index (χ0n) is 13.7. The Morgan fingerprint density at radius 2 is 2.23 bits per heavy atom. The van der Waals surface area contributed by atoms with E-state index >= 15 is 0 Å². The zero-order chi connectivity index (χ0) is 18.8. The van der Waals surface area contributed by atoms with E-state index in [1.807, 2.05) is 0 Å². The van der Waals surface area contributed by atoms with Gasteiger partial charge >= 0.3 is 12.6 Å². The van der Waals surface area contributed by atoms with Crippen molar-refractivity contribution in [2.24, 2.45) is 0 Å². The molecule has 0 aliphatic carbocycles. The number of rotatable bonds is 5. The van der Waals surface area contributed by atoms with E-state index < -0.39 is 18.6 Å². The van der Waals surface area contributed by atoms with Gasteiger partial charge in [0.25, 0.3) is 0 Å². The quantitative estimate of drug-likeness (QED) is 0.791. The molecule has 1 aliphatic heterocycles. The molecule has 2 aromatic rings. The summed E-state index contributed by atoms with van der Waals surface area (Å²) in [6.07, 6.45) is 0. The van der Waals surface area contributed by atoms with Gasteiger partial charge in [0.1, 0.15) is 11.8 Å². The van der Waals surface area contributed by atoms with Crippen molar-refractivity contribution in [2.75, 3.05) is 11.9 Å². The monoisotopic (exact) mass is 385 g/mol. The molecular weight excluding hydrogens is 372 g/mol. The third-order valence-corrected chi connectivity index (χ3v) is 3.93. The summed E-state index contributed by atoms with van der Waals surface area (Å²) >= 11 is 6.05. The average Bonchev–Trinajstić information content (AvgIpc) is 3.03. The molecule has 0 spiro atoms. The summed E-state index contributed by atoms with van der Waals surface area (Å²) < 4.78 is 36.7. The third-order valence-electron chi connectivity index (χ3n) is 3.69. The molecule has 0 fully saturated rings. The van der Waals surface area contributed by atoms with Gasteiger partial charge in [0, 0.05) is 16.3 Å². The number of ether oxygens (including phenoxy) is 2. The Hall–Kier alpha value is -2.75. The summed E-state index contributed by atoms with van der Waals surface area (Å²) in [5.41, 5.74) is 0.794. The molecule has 0 amide bonds. The molecule has 138 valence electrons. The number of nitrogens with zero attached hydrogens (tertiary/aromatic N) is 4. The van der Waals surface area contributed by atoms with Crippen LogP contribution in [0.5, 0.6) is 5.75 Å². The predicted octanol–water partition coefficient (Wildman–Crippen LogP) is 2.78. The number of esters is 1. The molecule has 0 radical (unpaired) electrons. The maximum atomic E-state index is 12.8. The molecule has 8 nitrogen and oxygen atoms in total. The number of halogens is 3. The molecular formula is C15H14ClF2N5O3. The number of aromatic nitrogens is 4. The Labute approximate surface area is 151 Å². The SMILES string of the molecule is CCOC(=O)C1=C(C)Nc2nnnn2[C@H]1c1cc(Cl)ccc1OC(F)F. The van der Waals surface area contributed by atoms with Crippen LogP contribution in [0.2, 0.25) is 5.02 Å². The molecule has 26 heavy (non-hydrogen) atoms. The van der Waals surface area contributed by atoms with Gasteiger partial charge in [-0.3, -0.25) is 0 Å². The fourth-order valence-electron chi connectivity index (χ4n) is 2.71. The Balaban J connectivity index is 2.20. The van der Waals surface area contributed by atoms with E-state index in [0.29, 0.717) is 5.70 Å². The van der Waals surface area contributed by atoms with Gasteiger partial charge in [-0.25, -0.2) is 4.79 Å². The van der Waals surface area contributed by atoms with Crippen molar-refractivity contribution in [1.82, 2.24) is 20.2 Å². The first-order valence-corrected chi connectivity index (χ1v) is 7.97. The second kappa shape index (κ2) is 7.24. The molecule has 0 saturated carbocycles. The second-order valence-corrected chi connectivity index (χ2v) is 5.73. The Morgan fingerprint density at radius 1 is 1.46 bits per heavy atom. The lowest BCUT2D eigenvalue weighted by atomic mass is 9.95. The molecule has 1 atom stereocenters. The highest BCUT2D eigenvalue weighted by atomic mass is 35.5. The molecule has 0 saturated heterocycles. The van der Waals surface area contributed by atoms with Crippen LogP contribution in [-0.2, 0) is 9.53 Å². The van der Waals surface area contributed by atoms with Crippen LogP contribution < -0.4 is 10.1 Å². The van der Waals surface area contributed by atoms with Gasteiger partial charge < -0.3 is 14.8 Å². The van der Waals surface area contributed by atoms with Gasteiger partial charge in [-0.05, 0) is 42.5 Å². The van der Waals surface area contributed by atoms with Crippen LogP contribution in [0.3, 0.4) is 0 Å². The second-order valence-electron chi connectivity index (χ2n) is 5.29. The lowest BCUT2D eigenvalue weighted by molar-refractivity contribution is -0.139. The molecule has 1 aliphatic rings. The Bertz CT molecular complexity index is 871. The third kappa shape index (κ3) is 3.32. The Morgan fingerprint density at radius 3 is 2.92 bits per heavy atom. The number of anilines is 1. The first kappa shape index (κ1) is 18.1. The number of carbonyl (C=O) groups excluding carboxylic acids is 1. The number of hydrogen-bond acceptors (Lipinski definition) is 7. The number of hydrogen-bond donors (Lipinski definition) is 1. The van der Waals surface area contributed by atoms with E-state index in [2.05, 4.69) is 25.6 Å². The minimum Gasteiger partial charge on any atom is -0.463 e.